The number of esters is 1. The standard InChI is InChI=1S/C59H117NO5/c1-4-7-10-13-16-19-22-25-28-31-34-37-40-43-46-49-52-59(64)65-55(50-47-44-41-38-35-32-29-26-23-20-17-14-11-8-5-2)53-58(63)60-56(54-61)57(62)51-48-45-42-39-36-33-30-27-24-21-18-15-12-9-6-3/h55-57,61-62H,4-54H2,1-3H3,(H,60,63). The fourth-order valence-corrected chi connectivity index (χ4v) is 9.67. The predicted molar refractivity (Wildman–Crippen MR) is 283 cm³/mol. The molecular formula is C59H117NO5. The number of aliphatic hydroxyl groups is 2. The molecule has 0 heterocycles. The van der Waals surface area contributed by atoms with Gasteiger partial charge in [-0.3, -0.25) is 9.59 Å². The normalized spacial score (nSPS) is 13.0. The van der Waals surface area contributed by atoms with Crippen molar-refractivity contribution in [1.82, 2.24) is 5.32 Å². The van der Waals surface area contributed by atoms with Crippen molar-refractivity contribution >= 4 is 11.9 Å². The van der Waals surface area contributed by atoms with Gasteiger partial charge in [-0.15, -0.1) is 0 Å². The molecule has 0 aromatic carbocycles. The lowest BCUT2D eigenvalue weighted by Gasteiger charge is -2.24. The predicted octanol–water partition coefficient (Wildman–Crippen LogP) is 18.3. The topological polar surface area (TPSA) is 95.9 Å². The van der Waals surface area contributed by atoms with Crippen LogP contribution in [0.1, 0.15) is 342 Å². The maximum atomic E-state index is 13.3. The van der Waals surface area contributed by atoms with Crippen LogP contribution < -0.4 is 5.32 Å². The minimum atomic E-state index is -0.780. The van der Waals surface area contributed by atoms with E-state index in [0.29, 0.717) is 19.3 Å². The summed E-state index contributed by atoms with van der Waals surface area (Å²) in [6, 6.07) is -0.693. The number of amides is 1. The van der Waals surface area contributed by atoms with Crippen molar-refractivity contribution in [3.8, 4) is 0 Å². The molecule has 3 unspecified atom stereocenters. The lowest BCUT2D eigenvalue weighted by molar-refractivity contribution is -0.151. The molecule has 0 aliphatic rings. The maximum absolute atomic E-state index is 13.3. The van der Waals surface area contributed by atoms with E-state index in [-0.39, 0.29) is 24.9 Å². The largest absolute Gasteiger partial charge is 0.462 e. The minimum Gasteiger partial charge on any atom is -0.462 e. The van der Waals surface area contributed by atoms with E-state index in [0.717, 1.165) is 38.5 Å². The molecule has 0 aromatic rings. The summed E-state index contributed by atoms with van der Waals surface area (Å²) in [4.78, 5) is 26.3. The van der Waals surface area contributed by atoms with Crippen LogP contribution >= 0.6 is 0 Å². The highest BCUT2D eigenvalue weighted by atomic mass is 16.5. The molecule has 0 aliphatic heterocycles. The Hall–Kier alpha value is -1.14. The summed E-state index contributed by atoms with van der Waals surface area (Å²) in [6.45, 7) is 6.54. The van der Waals surface area contributed by atoms with E-state index in [1.807, 2.05) is 0 Å². The van der Waals surface area contributed by atoms with E-state index >= 15 is 0 Å². The molecule has 0 rings (SSSR count). The molecule has 0 radical (unpaired) electrons. The summed E-state index contributed by atoms with van der Waals surface area (Å²) < 4.78 is 5.98. The smallest absolute Gasteiger partial charge is 0.306 e. The molecule has 0 saturated heterocycles. The van der Waals surface area contributed by atoms with Crippen molar-refractivity contribution in [2.75, 3.05) is 6.61 Å². The zero-order chi connectivity index (χ0) is 47.4. The number of nitrogens with one attached hydrogen (secondary N) is 1. The molecule has 0 bridgehead atoms. The molecule has 1 amide bonds. The highest BCUT2D eigenvalue weighted by molar-refractivity contribution is 5.77. The summed E-state index contributed by atoms with van der Waals surface area (Å²) in [6.07, 6.45) is 60.2. The molecule has 6 heteroatoms. The number of rotatable bonds is 55. The van der Waals surface area contributed by atoms with Crippen molar-refractivity contribution in [3.63, 3.8) is 0 Å². The summed E-state index contributed by atoms with van der Waals surface area (Å²) in [5, 5.41) is 23.9. The van der Waals surface area contributed by atoms with Gasteiger partial charge in [0, 0.05) is 6.42 Å². The van der Waals surface area contributed by atoms with Crippen molar-refractivity contribution in [2.24, 2.45) is 0 Å². The van der Waals surface area contributed by atoms with E-state index in [4.69, 9.17) is 4.74 Å². The first-order valence-corrected chi connectivity index (χ1v) is 29.8. The fourth-order valence-electron chi connectivity index (χ4n) is 9.67. The number of unbranched alkanes of at least 4 members (excludes halogenated alkanes) is 43. The van der Waals surface area contributed by atoms with Crippen molar-refractivity contribution in [3.05, 3.63) is 0 Å². The Labute approximate surface area is 406 Å². The Balaban J connectivity index is 4.48. The Bertz CT molecular complexity index is 944. The van der Waals surface area contributed by atoms with Gasteiger partial charge in [-0.25, -0.2) is 0 Å². The fraction of sp³-hybridized carbons (Fsp3) is 0.966. The van der Waals surface area contributed by atoms with Crippen LogP contribution in [0.2, 0.25) is 0 Å². The van der Waals surface area contributed by atoms with E-state index in [1.165, 1.54) is 257 Å². The molecule has 3 atom stereocenters. The first kappa shape index (κ1) is 63.9. The second-order valence-electron chi connectivity index (χ2n) is 20.8. The number of ether oxygens (including phenoxy) is 1. The van der Waals surface area contributed by atoms with Gasteiger partial charge in [-0.2, -0.15) is 0 Å². The van der Waals surface area contributed by atoms with Crippen LogP contribution in [0.3, 0.4) is 0 Å². The molecule has 0 aromatic heterocycles. The highest BCUT2D eigenvalue weighted by Gasteiger charge is 2.24. The highest BCUT2D eigenvalue weighted by Crippen LogP contribution is 2.20. The van der Waals surface area contributed by atoms with Crippen LogP contribution in [0.4, 0.5) is 0 Å². The summed E-state index contributed by atoms with van der Waals surface area (Å²) in [5.74, 6) is -0.443. The molecule has 0 fully saturated rings. The van der Waals surface area contributed by atoms with Crippen LogP contribution in [0, 0.1) is 0 Å². The van der Waals surface area contributed by atoms with Gasteiger partial charge in [0.25, 0.3) is 0 Å². The van der Waals surface area contributed by atoms with Crippen molar-refractivity contribution < 1.29 is 24.5 Å². The van der Waals surface area contributed by atoms with E-state index in [2.05, 4.69) is 26.1 Å². The molecule has 0 aliphatic carbocycles. The molecule has 6 nitrogen and oxygen atoms in total. The summed E-state index contributed by atoms with van der Waals surface area (Å²) in [5.41, 5.74) is 0. The van der Waals surface area contributed by atoms with Gasteiger partial charge in [0.2, 0.25) is 5.91 Å². The third-order valence-electron chi connectivity index (χ3n) is 14.2. The first-order valence-electron chi connectivity index (χ1n) is 29.8. The second kappa shape index (κ2) is 53.8. The van der Waals surface area contributed by atoms with Gasteiger partial charge in [0.05, 0.1) is 25.2 Å². The maximum Gasteiger partial charge on any atom is 0.306 e. The molecule has 0 spiro atoms. The minimum absolute atomic E-state index is 0.0888. The quantitative estimate of drug-likeness (QED) is 0.0417. The summed E-state index contributed by atoms with van der Waals surface area (Å²) in [7, 11) is 0. The molecular weight excluding hydrogens is 803 g/mol. The van der Waals surface area contributed by atoms with Gasteiger partial charge >= 0.3 is 5.97 Å². The zero-order valence-electron chi connectivity index (χ0n) is 44.4. The third-order valence-corrected chi connectivity index (χ3v) is 14.2. The third kappa shape index (κ3) is 49.1. The Morgan fingerprint density at radius 3 is 0.938 bits per heavy atom. The van der Waals surface area contributed by atoms with Gasteiger partial charge in [0.1, 0.15) is 6.10 Å². The van der Waals surface area contributed by atoms with E-state index < -0.39 is 18.2 Å². The Morgan fingerprint density at radius 1 is 0.385 bits per heavy atom. The average molecular weight is 921 g/mol. The van der Waals surface area contributed by atoms with Gasteiger partial charge in [-0.1, -0.05) is 303 Å². The van der Waals surface area contributed by atoms with Crippen molar-refractivity contribution in [2.45, 2.75) is 360 Å². The van der Waals surface area contributed by atoms with Gasteiger partial charge < -0.3 is 20.3 Å². The number of carbonyl (C=O) groups excluding carboxylic acids is 2. The van der Waals surface area contributed by atoms with Crippen LogP contribution in [0.25, 0.3) is 0 Å². The van der Waals surface area contributed by atoms with E-state index in [9.17, 15) is 19.8 Å². The summed E-state index contributed by atoms with van der Waals surface area (Å²) >= 11 is 0. The van der Waals surface area contributed by atoms with Crippen LogP contribution in [0.15, 0.2) is 0 Å². The van der Waals surface area contributed by atoms with Gasteiger partial charge in [-0.05, 0) is 25.7 Å². The zero-order valence-corrected chi connectivity index (χ0v) is 44.4. The number of carbonyl (C=O) groups is 2. The van der Waals surface area contributed by atoms with Crippen molar-refractivity contribution in [1.29, 1.82) is 0 Å². The Kier molecular flexibility index (Phi) is 52.9. The number of hydrogen-bond donors (Lipinski definition) is 3. The second-order valence-corrected chi connectivity index (χ2v) is 20.8. The number of hydrogen-bond acceptors (Lipinski definition) is 5. The Morgan fingerprint density at radius 2 is 0.646 bits per heavy atom. The molecule has 3 N–H and O–H groups in total. The monoisotopic (exact) mass is 920 g/mol. The van der Waals surface area contributed by atoms with Crippen LogP contribution in [-0.4, -0.2) is 46.9 Å². The SMILES string of the molecule is CCCCCCCCCCCCCCCCCCC(=O)OC(CCCCCCCCCCCCCCCCC)CC(=O)NC(CO)C(O)CCCCCCCCCCCCCCCCC. The van der Waals surface area contributed by atoms with E-state index in [1.54, 1.807) is 0 Å². The molecule has 65 heavy (non-hydrogen) atoms. The molecule has 0 saturated carbocycles. The lowest BCUT2D eigenvalue weighted by Crippen LogP contribution is -2.46. The van der Waals surface area contributed by atoms with Crippen LogP contribution in [0.5, 0.6) is 0 Å². The van der Waals surface area contributed by atoms with Crippen LogP contribution in [-0.2, 0) is 14.3 Å². The average Bonchev–Trinajstić information content (AvgIpc) is 3.30. The van der Waals surface area contributed by atoms with Gasteiger partial charge in [0.15, 0.2) is 0 Å². The lowest BCUT2D eigenvalue weighted by atomic mass is 10.0. The first-order chi connectivity index (χ1) is 32.0. The molecule has 388 valence electrons. The number of aliphatic hydroxyl groups excluding tert-OH is 2.